The number of thiazole rings is 1. The zero-order chi connectivity index (χ0) is 13.4. The Morgan fingerprint density at radius 2 is 1.89 bits per heavy atom. The molecule has 3 aliphatic carbocycles. The molecule has 1 aromatic rings. The van der Waals surface area contributed by atoms with Crippen molar-refractivity contribution in [3.05, 3.63) is 16.1 Å². The molecule has 2 N–H and O–H groups in total. The van der Waals surface area contributed by atoms with Gasteiger partial charge in [-0.15, -0.1) is 11.3 Å². The lowest BCUT2D eigenvalue weighted by atomic mass is 9.97. The van der Waals surface area contributed by atoms with Crippen molar-refractivity contribution in [2.24, 2.45) is 35.3 Å². The average molecular weight is 288 g/mol. The maximum absolute atomic E-state index is 12.6. The Bertz CT molecular complexity index is 496. The zero-order valence-corrected chi connectivity index (χ0v) is 11.0. The van der Waals surface area contributed by atoms with Crippen molar-refractivity contribution >= 4 is 11.3 Å². The van der Waals surface area contributed by atoms with Crippen molar-refractivity contribution in [2.45, 2.75) is 31.5 Å². The van der Waals surface area contributed by atoms with E-state index >= 15 is 0 Å². The van der Waals surface area contributed by atoms with E-state index in [2.05, 4.69) is 4.98 Å². The molecule has 1 heterocycles. The van der Waals surface area contributed by atoms with Crippen molar-refractivity contribution in [2.75, 3.05) is 0 Å². The molecule has 0 amide bonds. The molecule has 3 saturated carbocycles. The van der Waals surface area contributed by atoms with Crippen molar-refractivity contribution < 1.29 is 13.2 Å². The number of hydrogen-bond acceptors (Lipinski definition) is 3. The Morgan fingerprint density at radius 3 is 2.42 bits per heavy atom. The Balaban J connectivity index is 1.53. The van der Waals surface area contributed by atoms with E-state index in [0.717, 1.165) is 11.8 Å². The molecule has 0 aromatic carbocycles. The maximum atomic E-state index is 12.6. The molecule has 2 bridgehead atoms. The first-order chi connectivity index (χ1) is 8.97. The second-order valence-corrected chi connectivity index (χ2v) is 7.22. The molecule has 5 unspecified atom stereocenters. The fraction of sp³-hybridized carbons (Fsp3) is 0.769. The number of nitrogens with two attached hydrogens (primary N) is 1. The third-order valence-corrected chi connectivity index (χ3v) is 6.45. The molecule has 1 aromatic heterocycles. The highest BCUT2D eigenvalue weighted by Crippen LogP contribution is 2.72. The number of aromatic nitrogens is 1. The molecule has 104 valence electrons. The van der Waals surface area contributed by atoms with Gasteiger partial charge in [-0.05, 0) is 48.9 Å². The van der Waals surface area contributed by atoms with Crippen molar-refractivity contribution in [3.8, 4) is 0 Å². The summed E-state index contributed by atoms with van der Waals surface area (Å²) in [6.45, 7) is 0. The van der Waals surface area contributed by atoms with E-state index in [4.69, 9.17) is 5.73 Å². The molecule has 0 saturated heterocycles. The summed E-state index contributed by atoms with van der Waals surface area (Å²) in [7, 11) is 0. The van der Waals surface area contributed by atoms with E-state index in [1.54, 1.807) is 0 Å². The smallest absolute Gasteiger partial charge is 0.323 e. The lowest BCUT2D eigenvalue weighted by molar-refractivity contribution is -0.137. The highest BCUT2D eigenvalue weighted by Gasteiger charge is 2.66. The fourth-order valence-corrected chi connectivity index (χ4v) is 5.48. The number of rotatable bonds is 2. The summed E-state index contributed by atoms with van der Waals surface area (Å²) in [6, 6.07) is -0.244. The number of fused-ring (bicyclic) bond motifs is 5. The fourth-order valence-electron chi connectivity index (χ4n) is 4.63. The topological polar surface area (TPSA) is 38.9 Å². The minimum absolute atomic E-state index is 0.244. The van der Waals surface area contributed by atoms with Crippen molar-refractivity contribution in [1.29, 1.82) is 0 Å². The van der Waals surface area contributed by atoms with E-state index in [9.17, 15) is 13.2 Å². The van der Waals surface area contributed by atoms with E-state index in [0.29, 0.717) is 34.0 Å². The van der Waals surface area contributed by atoms with Gasteiger partial charge in [0, 0.05) is 17.1 Å². The predicted molar refractivity (Wildman–Crippen MR) is 65.3 cm³/mol. The Hall–Kier alpha value is -0.620. The largest absolute Gasteiger partial charge is 0.443 e. The number of halogens is 3. The van der Waals surface area contributed by atoms with Gasteiger partial charge in [-0.2, -0.15) is 13.2 Å². The van der Waals surface area contributed by atoms with E-state index in [-0.39, 0.29) is 6.04 Å². The normalized spacial score (nSPS) is 41.4. The SMILES string of the molecule is NC(c1cnc(C(F)(F)F)s1)C1C2C3CCC(C3)C21. The lowest BCUT2D eigenvalue weighted by Gasteiger charge is -2.14. The van der Waals surface area contributed by atoms with E-state index < -0.39 is 11.2 Å². The predicted octanol–water partition coefficient (Wildman–Crippen LogP) is 3.45. The van der Waals surface area contributed by atoms with Crippen LogP contribution in [-0.4, -0.2) is 4.98 Å². The van der Waals surface area contributed by atoms with E-state index in [1.165, 1.54) is 25.5 Å². The quantitative estimate of drug-likeness (QED) is 0.905. The first-order valence-corrected chi connectivity index (χ1v) is 7.57. The van der Waals surface area contributed by atoms with Crippen LogP contribution in [0.15, 0.2) is 6.20 Å². The van der Waals surface area contributed by atoms with Crippen LogP contribution in [0.1, 0.15) is 35.2 Å². The molecule has 0 radical (unpaired) electrons. The molecule has 19 heavy (non-hydrogen) atoms. The maximum Gasteiger partial charge on any atom is 0.443 e. The van der Waals surface area contributed by atoms with Gasteiger partial charge in [0.15, 0.2) is 5.01 Å². The molecule has 2 nitrogen and oxygen atoms in total. The first-order valence-electron chi connectivity index (χ1n) is 6.75. The second kappa shape index (κ2) is 3.73. The summed E-state index contributed by atoms with van der Waals surface area (Å²) in [5, 5.41) is -0.772. The molecule has 0 spiro atoms. The Labute approximate surface area is 113 Å². The second-order valence-electron chi connectivity index (χ2n) is 6.16. The summed E-state index contributed by atoms with van der Waals surface area (Å²) in [5.74, 6) is 3.37. The summed E-state index contributed by atoms with van der Waals surface area (Å²) >= 11 is 0.717. The first kappa shape index (κ1) is 12.1. The van der Waals surface area contributed by atoms with E-state index in [1.807, 2.05) is 0 Å². The molecule has 5 atom stereocenters. The van der Waals surface area contributed by atoms with Crippen LogP contribution in [0.25, 0.3) is 0 Å². The zero-order valence-electron chi connectivity index (χ0n) is 10.2. The van der Waals surface area contributed by atoms with Crippen LogP contribution in [0.4, 0.5) is 13.2 Å². The monoisotopic (exact) mass is 288 g/mol. The summed E-state index contributed by atoms with van der Waals surface area (Å²) in [6.07, 6.45) is 0.904. The van der Waals surface area contributed by atoms with Gasteiger partial charge in [0.1, 0.15) is 0 Å². The summed E-state index contributed by atoms with van der Waals surface area (Å²) in [5.41, 5.74) is 6.20. The minimum Gasteiger partial charge on any atom is -0.323 e. The van der Waals surface area contributed by atoms with Crippen LogP contribution in [0.2, 0.25) is 0 Å². The third-order valence-electron chi connectivity index (χ3n) is 5.30. The van der Waals surface area contributed by atoms with Gasteiger partial charge in [0.05, 0.1) is 0 Å². The standard InChI is InChI=1S/C13H15F3N2S/c14-13(15,16)12-18-4-7(19-12)11(17)10-8-5-1-2-6(3-5)9(8)10/h4-6,8-11H,1-3,17H2. The highest BCUT2D eigenvalue weighted by molar-refractivity contribution is 7.11. The molecular weight excluding hydrogens is 273 g/mol. The van der Waals surface area contributed by atoms with Crippen molar-refractivity contribution in [3.63, 3.8) is 0 Å². The molecule has 4 rings (SSSR count). The van der Waals surface area contributed by atoms with Crippen molar-refractivity contribution in [1.82, 2.24) is 4.98 Å². The highest BCUT2D eigenvalue weighted by atomic mass is 32.1. The third kappa shape index (κ3) is 1.69. The van der Waals surface area contributed by atoms with Crippen LogP contribution < -0.4 is 5.73 Å². The molecule has 3 fully saturated rings. The summed E-state index contributed by atoms with van der Waals surface area (Å²) < 4.78 is 37.7. The molecular formula is C13H15F3N2S. The molecule has 6 heteroatoms. The van der Waals surface area contributed by atoms with Gasteiger partial charge in [-0.3, -0.25) is 0 Å². The molecule has 3 aliphatic rings. The average Bonchev–Trinajstić information content (AvgIpc) is 2.78. The van der Waals surface area contributed by atoms with Gasteiger partial charge >= 0.3 is 6.18 Å². The van der Waals surface area contributed by atoms with Gasteiger partial charge in [0.2, 0.25) is 0 Å². The van der Waals surface area contributed by atoms with Crippen LogP contribution in [0, 0.1) is 29.6 Å². The Kier molecular flexibility index (Phi) is 2.38. The van der Waals surface area contributed by atoms with Gasteiger partial charge < -0.3 is 5.73 Å². The Morgan fingerprint density at radius 1 is 1.26 bits per heavy atom. The van der Waals surface area contributed by atoms with Gasteiger partial charge in [0.25, 0.3) is 0 Å². The minimum atomic E-state index is -4.35. The number of alkyl halides is 3. The number of nitrogens with zero attached hydrogens (tertiary/aromatic N) is 1. The molecule has 0 aliphatic heterocycles. The van der Waals surface area contributed by atoms with Crippen LogP contribution in [-0.2, 0) is 6.18 Å². The van der Waals surface area contributed by atoms with Crippen LogP contribution in [0.3, 0.4) is 0 Å². The van der Waals surface area contributed by atoms with Gasteiger partial charge in [-0.25, -0.2) is 4.98 Å². The van der Waals surface area contributed by atoms with Gasteiger partial charge in [-0.1, -0.05) is 0 Å². The number of hydrogen-bond donors (Lipinski definition) is 1. The van der Waals surface area contributed by atoms with Crippen LogP contribution >= 0.6 is 11.3 Å². The van der Waals surface area contributed by atoms with Crippen LogP contribution in [0.5, 0.6) is 0 Å². The summed E-state index contributed by atoms with van der Waals surface area (Å²) in [4.78, 5) is 4.08. The lowest BCUT2D eigenvalue weighted by Crippen LogP contribution is -2.16.